The van der Waals surface area contributed by atoms with E-state index in [1.807, 2.05) is 11.8 Å². The van der Waals surface area contributed by atoms with Crippen LogP contribution in [0.3, 0.4) is 0 Å². The van der Waals surface area contributed by atoms with Crippen LogP contribution >= 0.6 is 0 Å². The molecule has 17 nitrogen and oxygen atoms in total. The molecule has 8 N–H and O–H groups in total. The summed E-state index contributed by atoms with van der Waals surface area (Å²) in [5, 5.41) is 27.0. The van der Waals surface area contributed by atoms with Crippen LogP contribution in [0.4, 0.5) is 23.1 Å². The Labute approximate surface area is 295 Å². The molecule has 17 heteroatoms. The van der Waals surface area contributed by atoms with E-state index in [-0.39, 0.29) is 35.9 Å². The average Bonchev–Trinajstić information content (AvgIpc) is 3.06. The lowest BCUT2D eigenvalue weighted by molar-refractivity contribution is -0.143. The summed E-state index contributed by atoms with van der Waals surface area (Å²) in [4.78, 5) is 82.5. The van der Waals surface area contributed by atoms with E-state index in [1.54, 1.807) is 30.2 Å². The van der Waals surface area contributed by atoms with Gasteiger partial charge in [-0.25, -0.2) is 4.79 Å². The lowest BCUT2D eigenvalue weighted by Gasteiger charge is -2.38. The molecule has 0 aliphatic carbocycles. The van der Waals surface area contributed by atoms with Gasteiger partial charge in [-0.3, -0.25) is 29.0 Å². The van der Waals surface area contributed by atoms with Gasteiger partial charge in [-0.1, -0.05) is 12.8 Å². The zero-order valence-electron chi connectivity index (χ0n) is 29.2. The van der Waals surface area contributed by atoms with Gasteiger partial charge in [-0.15, -0.1) is 0 Å². The van der Waals surface area contributed by atoms with Crippen LogP contribution in [-0.2, 0) is 23.9 Å². The molecule has 51 heavy (non-hydrogen) atoms. The van der Waals surface area contributed by atoms with Crippen LogP contribution in [0.1, 0.15) is 76.1 Å². The number of aromatic amines is 1. The summed E-state index contributed by atoms with van der Waals surface area (Å²) in [5.41, 5.74) is 7.35. The van der Waals surface area contributed by atoms with Crippen LogP contribution in [0, 0.1) is 0 Å². The Morgan fingerprint density at radius 1 is 1.10 bits per heavy atom. The minimum atomic E-state index is -1.35. The molecule has 2 unspecified atom stereocenters. The van der Waals surface area contributed by atoms with Crippen molar-refractivity contribution in [3.8, 4) is 0 Å². The molecule has 0 fully saturated rings. The molecule has 0 radical (unpaired) electrons. The van der Waals surface area contributed by atoms with E-state index >= 15 is 0 Å². The van der Waals surface area contributed by atoms with E-state index in [2.05, 4.69) is 25.9 Å². The summed E-state index contributed by atoms with van der Waals surface area (Å²) in [6, 6.07) is 4.71. The van der Waals surface area contributed by atoms with Gasteiger partial charge < -0.3 is 46.4 Å². The first-order valence-corrected chi connectivity index (χ1v) is 16.9. The fraction of sp³-hybridized carbons (Fsp3) is 0.500. The molecule has 1 aromatic carbocycles. The summed E-state index contributed by atoms with van der Waals surface area (Å²) >= 11 is 0. The number of unbranched alkanes of at least 4 members (excludes halogenated alkanes) is 3. The molecule has 0 saturated heterocycles. The van der Waals surface area contributed by atoms with Gasteiger partial charge in [0.15, 0.2) is 5.82 Å². The molecule has 0 bridgehead atoms. The van der Waals surface area contributed by atoms with Crippen LogP contribution in [-0.4, -0.2) is 99.7 Å². The van der Waals surface area contributed by atoms with Crippen molar-refractivity contribution in [1.29, 1.82) is 0 Å². The number of nitrogen functional groups attached to an aromatic ring is 1. The number of carboxylic acids is 2. The second kappa shape index (κ2) is 19.5. The molecule has 0 saturated carbocycles. The highest BCUT2D eigenvalue weighted by atomic mass is 16.5. The van der Waals surface area contributed by atoms with Gasteiger partial charge in [0.1, 0.15) is 11.7 Å². The highest BCUT2D eigenvalue weighted by Crippen LogP contribution is 2.28. The van der Waals surface area contributed by atoms with Gasteiger partial charge >= 0.3 is 17.9 Å². The number of nitrogens with two attached hydrogens (primary N) is 1. The molecule has 3 rings (SSSR count). The molecular weight excluding hydrogens is 664 g/mol. The average molecular weight is 713 g/mol. The van der Waals surface area contributed by atoms with Crippen molar-refractivity contribution in [2.75, 3.05) is 54.1 Å². The number of carbonyl (C=O) groups is 5. The number of nitrogens with zero attached hydrogens (tertiary/aromatic N) is 3. The minimum Gasteiger partial charge on any atom is -0.481 e. The van der Waals surface area contributed by atoms with Crippen molar-refractivity contribution in [3.63, 3.8) is 0 Å². The number of carboxylic acid groups (broad SMARTS) is 2. The Morgan fingerprint density at radius 3 is 2.45 bits per heavy atom. The number of amides is 2. The van der Waals surface area contributed by atoms with E-state index < -0.39 is 35.9 Å². The zero-order valence-corrected chi connectivity index (χ0v) is 29.2. The number of benzene rings is 1. The number of aliphatic carboxylic acids is 2. The Kier molecular flexibility index (Phi) is 15.3. The summed E-state index contributed by atoms with van der Waals surface area (Å²) in [6.07, 6.45) is 4.67. The van der Waals surface area contributed by atoms with Crippen LogP contribution in [0.2, 0.25) is 0 Å². The zero-order chi connectivity index (χ0) is 37.5. The SMILES string of the molecule is CCOC(=O)CCCCCCN(/C=C(/C)CN1c2c(nc(N)[nH]c2=O)NCC1CNc1ccc(C(=O)NC(CCC(=O)O)C(=O)O)cc1)C(C)=O. The van der Waals surface area contributed by atoms with E-state index in [0.29, 0.717) is 56.4 Å². The first-order valence-electron chi connectivity index (χ1n) is 16.9. The van der Waals surface area contributed by atoms with E-state index in [0.717, 1.165) is 31.3 Å². The Bertz CT molecular complexity index is 1630. The molecule has 2 amide bonds. The quantitative estimate of drug-likeness (QED) is 0.0770. The third-order valence-corrected chi connectivity index (χ3v) is 8.12. The topological polar surface area (TPSA) is 249 Å². The number of esters is 1. The number of rotatable bonds is 20. The molecule has 1 aromatic heterocycles. The normalized spacial score (nSPS) is 14.5. The number of fused-ring (bicyclic) bond motifs is 1. The predicted octanol–water partition coefficient (Wildman–Crippen LogP) is 2.38. The van der Waals surface area contributed by atoms with Gasteiger partial charge in [-0.2, -0.15) is 4.98 Å². The molecule has 1 aliphatic heterocycles. The third-order valence-electron chi connectivity index (χ3n) is 8.12. The summed E-state index contributed by atoms with van der Waals surface area (Å²) in [5.74, 6) is -3.16. The predicted molar refractivity (Wildman–Crippen MR) is 190 cm³/mol. The Morgan fingerprint density at radius 2 is 1.80 bits per heavy atom. The van der Waals surface area contributed by atoms with E-state index in [9.17, 15) is 33.9 Å². The fourth-order valence-electron chi connectivity index (χ4n) is 5.54. The fourth-order valence-corrected chi connectivity index (χ4v) is 5.54. The van der Waals surface area contributed by atoms with E-state index in [4.69, 9.17) is 15.6 Å². The van der Waals surface area contributed by atoms with Crippen LogP contribution in [0.5, 0.6) is 0 Å². The number of aromatic nitrogens is 2. The molecular formula is C34H48N8O9. The second-order valence-corrected chi connectivity index (χ2v) is 12.2. The monoisotopic (exact) mass is 712 g/mol. The maximum Gasteiger partial charge on any atom is 0.326 e. The molecule has 2 heterocycles. The number of ether oxygens (including phenoxy) is 1. The number of carbonyl (C=O) groups excluding carboxylic acids is 3. The largest absolute Gasteiger partial charge is 0.481 e. The standard InChI is InChI=1S/C34H48N8O9/c1-4-51-28(46)9-7-5-6-8-16-41(22(3)43)19-21(2)20-42-25(18-37-30-29(42)32(48)40-34(35)39-30)17-36-24-12-10-23(11-13-24)31(47)38-26(33(49)50)14-15-27(44)45/h10-13,19,25-26,36H,4-9,14-18,20H2,1-3H3,(H,38,47)(H,44,45)(H,49,50)(H4,35,37,39,40,48)/b21-19-. The van der Waals surface area contributed by atoms with Crippen molar-refractivity contribution in [1.82, 2.24) is 20.2 Å². The van der Waals surface area contributed by atoms with Crippen molar-refractivity contribution < 1.29 is 38.9 Å². The van der Waals surface area contributed by atoms with Gasteiger partial charge in [0.25, 0.3) is 11.5 Å². The summed E-state index contributed by atoms with van der Waals surface area (Å²) < 4.78 is 4.96. The maximum atomic E-state index is 13.1. The van der Waals surface area contributed by atoms with Crippen LogP contribution < -0.4 is 32.1 Å². The molecule has 2 aromatic rings. The van der Waals surface area contributed by atoms with E-state index in [1.165, 1.54) is 19.1 Å². The number of anilines is 4. The maximum absolute atomic E-state index is 13.1. The molecule has 2 atom stereocenters. The molecule has 0 spiro atoms. The van der Waals surface area contributed by atoms with Crippen molar-refractivity contribution in [3.05, 3.63) is 52.0 Å². The number of nitrogens with one attached hydrogen (secondary N) is 4. The summed E-state index contributed by atoms with van der Waals surface area (Å²) in [6.45, 7) is 7.06. The number of hydrogen-bond donors (Lipinski definition) is 7. The number of hydrogen-bond acceptors (Lipinski definition) is 12. The number of H-pyrrole nitrogens is 1. The highest BCUT2D eigenvalue weighted by Gasteiger charge is 2.30. The van der Waals surface area contributed by atoms with Crippen LogP contribution in [0.25, 0.3) is 0 Å². The van der Waals surface area contributed by atoms with Gasteiger partial charge in [0.05, 0.1) is 12.6 Å². The van der Waals surface area contributed by atoms with Crippen molar-refractivity contribution >= 4 is 52.9 Å². The first-order chi connectivity index (χ1) is 24.3. The van der Waals surface area contributed by atoms with Gasteiger partial charge in [0, 0.05) is 63.4 Å². The first kappa shape index (κ1) is 39.8. The van der Waals surface area contributed by atoms with Crippen molar-refractivity contribution in [2.45, 2.75) is 77.8 Å². The van der Waals surface area contributed by atoms with Crippen LogP contribution in [0.15, 0.2) is 40.8 Å². The smallest absolute Gasteiger partial charge is 0.326 e. The van der Waals surface area contributed by atoms with Gasteiger partial charge in [-0.05, 0) is 62.9 Å². The Balaban J connectivity index is 1.68. The minimum absolute atomic E-state index is 0.0271. The van der Waals surface area contributed by atoms with Crippen molar-refractivity contribution in [2.24, 2.45) is 0 Å². The molecule has 278 valence electrons. The lowest BCUT2D eigenvalue weighted by atomic mass is 10.1. The molecule has 1 aliphatic rings. The Hall–Kier alpha value is -5.61. The second-order valence-electron chi connectivity index (χ2n) is 12.2. The summed E-state index contributed by atoms with van der Waals surface area (Å²) in [7, 11) is 0. The van der Waals surface area contributed by atoms with Gasteiger partial charge in [0.2, 0.25) is 11.9 Å². The third kappa shape index (κ3) is 12.7. The lowest BCUT2D eigenvalue weighted by Crippen LogP contribution is -2.51. The highest BCUT2D eigenvalue weighted by molar-refractivity contribution is 5.97.